The van der Waals surface area contributed by atoms with E-state index in [-0.39, 0.29) is 12.5 Å². The number of amides is 1. The van der Waals surface area contributed by atoms with Crippen LogP contribution in [0.4, 0.5) is 0 Å². The number of hydrogen-bond donors (Lipinski definition) is 2. The molecule has 4 heteroatoms. The minimum atomic E-state index is 0.160. The first-order valence-electron chi connectivity index (χ1n) is 6.71. The quantitative estimate of drug-likeness (QED) is 0.561. The van der Waals surface area contributed by atoms with Gasteiger partial charge in [0, 0.05) is 24.9 Å². The highest BCUT2D eigenvalue weighted by Crippen LogP contribution is 2.29. The molecule has 0 spiro atoms. The molecule has 2 atom stereocenters. The van der Waals surface area contributed by atoms with Crippen molar-refractivity contribution in [3.05, 3.63) is 0 Å². The number of carbonyl (C=O) groups is 1. The second-order valence-electron chi connectivity index (χ2n) is 4.94. The Hall–Kier alpha value is -0.0900. The van der Waals surface area contributed by atoms with E-state index >= 15 is 0 Å². The van der Waals surface area contributed by atoms with Gasteiger partial charge in [-0.15, -0.1) is 0 Å². The van der Waals surface area contributed by atoms with Crippen LogP contribution in [0.5, 0.6) is 0 Å². The van der Waals surface area contributed by atoms with Gasteiger partial charge >= 0.3 is 0 Å². The number of hydrogen-bond acceptors (Lipinski definition) is 2. The largest absolute Gasteiger partial charge is 0.396 e. The number of rotatable bonds is 7. The van der Waals surface area contributed by atoms with Crippen LogP contribution in [0.15, 0.2) is 0 Å². The summed E-state index contributed by atoms with van der Waals surface area (Å²) in [5, 5.41) is 13.3. The number of unbranched alkanes of at least 4 members (excludes halogenated alkanes) is 1. The van der Waals surface area contributed by atoms with E-state index in [0.29, 0.717) is 18.3 Å². The molecule has 0 heterocycles. The maximum absolute atomic E-state index is 11.6. The van der Waals surface area contributed by atoms with E-state index in [1.54, 1.807) is 0 Å². The summed E-state index contributed by atoms with van der Waals surface area (Å²) in [5.74, 6) is 1.04. The molecular weight excluding hydrogens is 282 g/mol. The predicted molar refractivity (Wildman–Crippen MR) is 73.2 cm³/mol. The van der Waals surface area contributed by atoms with E-state index in [9.17, 15) is 9.90 Å². The van der Waals surface area contributed by atoms with Gasteiger partial charge in [-0.05, 0) is 37.5 Å². The smallest absolute Gasteiger partial charge is 0.220 e. The van der Waals surface area contributed by atoms with Crippen LogP contribution in [-0.4, -0.2) is 29.5 Å². The molecule has 3 nitrogen and oxygen atoms in total. The van der Waals surface area contributed by atoms with Crippen LogP contribution in [0.1, 0.15) is 44.9 Å². The third-order valence-electron chi connectivity index (χ3n) is 3.65. The van der Waals surface area contributed by atoms with Gasteiger partial charge in [-0.2, -0.15) is 0 Å². The molecular formula is C13H24BrNO2. The summed E-state index contributed by atoms with van der Waals surface area (Å²) >= 11 is 3.36. The van der Waals surface area contributed by atoms with Crippen LogP contribution in [0.3, 0.4) is 0 Å². The van der Waals surface area contributed by atoms with Crippen molar-refractivity contribution in [1.29, 1.82) is 0 Å². The van der Waals surface area contributed by atoms with Crippen LogP contribution >= 0.6 is 15.9 Å². The first-order chi connectivity index (χ1) is 8.27. The molecule has 0 aromatic carbocycles. The molecule has 2 unspecified atom stereocenters. The van der Waals surface area contributed by atoms with E-state index in [4.69, 9.17) is 0 Å². The lowest BCUT2D eigenvalue weighted by Gasteiger charge is -2.30. The van der Waals surface area contributed by atoms with E-state index in [2.05, 4.69) is 21.2 Å². The molecule has 100 valence electrons. The summed E-state index contributed by atoms with van der Waals surface area (Å²) in [6.07, 6.45) is 7.35. The number of halogens is 1. The molecule has 2 N–H and O–H groups in total. The van der Waals surface area contributed by atoms with Crippen LogP contribution < -0.4 is 5.32 Å². The summed E-state index contributed by atoms with van der Waals surface area (Å²) < 4.78 is 0. The van der Waals surface area contributed by atoms with Crippen molar-refractivity contribution in [2.75, 3.05) is 18.5 Å². The summed E-state index contributed by atoms with van der Waals surface area (Å²) in [5.41, 5.74) is 0. The third kappa shape index (κ3) is 5.87. The molecule has 1 saturated carbocycles. The molecule has 1 rings (SSSR count). The van der Waals surface area contributed by atoms with Gasteiger partial charge in [-0.25, -0.2) is 0 Å². The Morgan fingerprint density at radius 3 is 2.59 bits per heavy atom. The zero-order valence-electron chi connectivity index (χ0n) is 10.5. The summed E-state index contributed by atoms with van der Waals surface area (Å²) in [4.78, 5) is 11.6. The van der Waals surface area contributed by atoms with Crippen LogP contribution in [-0.2, 0) is 4.79 Å². The summed E-state index contributed by atoms with van der Waals surface area (Å²) in [6, 6.07) is 0. The number of aliphatic hydroxyl groups is 1. The predicted octanol–water partition coefficient (Wildman–Crippen LogP) is 2.47. The second kappa shape index (κ2) is 8.92. The Morgan fingerprint density at radius 1 is 1.24 bits per heavy atom. The first-order valence-corrected chi connectivity index (χ1v) is 7.83. The standard InChI is InChI=1S/C13H24BrNO2/c14-8-4-3-7-13(17)15-9-11-5-1-2-6-12(11)10-16/h11-12,16H,1-10H2,(H,15,17). The number of nitrogens with one attached hydrogen (secondary N) is 1. The molecule has 0 aromatic heterocycles. The Balaban J connectivity index is 2.17. The normalized spacial score (nSPS) is 24.6. The molecule has 1 amide bonds. The highest BCUT2D eigenvalue weighted by molar-refractivity contribution is 9.09. The first kappa shape index (κ1) is 15.0. The average Bonchev–Trinajstić information content (AvgIpc) is 2.37. The topological polar surface area (TPSA) is 49.3 Å². The third-order valence-corrected chi connectivity index (χ3v) is 4.21. The van der Waals surface area contributed by atoms with Crippen molar-refractivity contribution in [3.8, 4) is 0 Å². The Morgan fingerprint density at radius 2 is 1.94 bits per heavy atom. The Bertz CT molecular complexity index is 223. The minimum Gasteiger partial charge on any atom is -0.396 e. The van der Waals surface area contributed by atoms with Crippen LogP contribution in [0.25, 0.3) is 0 Å². The van der Waals surface area contributed by atoms with Gasteiger partial charge < -0.3 is 10.4 Å². The lowest BCUT2D eigenvalue weighted by atomic mass is 9.79. The average molecular weight is 306 g/mol. The highest BCUT2D eigenvalue weighted by Gasteiger charge is 2.24. The molecule has 0 radical (unpaired) electrons. The van der Waals surface area contributed by atoms with Crippen molar-refractivity contribution in [1.82, 2.24) is 5.32 Å². The minimum absolute atomic E-state index is 0.160. The van der Waals surface area contributed by atoms with Crippen LogP contribution in [0, 0.1) is 11.8 Å². The van der Waals surface area contributed by atoms with Crippen molar-refractivity contribution in [2.24, 2.45) is 11.8 Å². The fourth-order valence-electron chi connectivity index (χ4n) is 2.51. The Kier molecular flexibility index (Phi) is 7.86. The van der Waals surface area contributed by atoms with E-state index in [0.717, 1.165) is 37.6 Å². The van der Waals surface area contributed by atoms with E-state index in [1.807, 2.05) is 0 Å². The van der Waals surface area contributed by atoms with Crippen molar-refractivity contribution in [3.63, 3.8) is 0 Å². The summed E-state index contributed by atoms with van der Waals surface area (Å²) in [7, 11) is 0. The van der Waals surface area contributed by atoms with Crippen molar-refractivity contribution in [2.45, 2.75) is 44.9 Å². The van der Waals surface area contributed by atoms with Gasteiger partial charge in [0.25, 0.3) is 0 Å². The van der Waals surface area contributed by atoms with Gasteiger partial charge in [0.2, 0.25) is 5.91 Å². The van der Waals surface area contributed by atoms with Crippen molar-refractivity contribution >= 4 is 21.8 Å². The van der Waals surface area contributed by atoms with E-state index in [1.165, 1.54) is 12.8 Å². The Labute approximate surface area is 112 Å². The van der Waals surface area contributed by atoms with Gasteiger partial charge in [0.15, 0.2) is 0 Å². The number of aliphatic hydroxyl groups excluding tert-OH is 1. The zero-order valence-corrected chi connectivity index (χ0v) is 12.0. The van der Waals surface area contributed by atoms with Gasteiger partial charge in [0.1, 0.15) is 0 Å². The highest BCUT2D eigenvalue weighted by atomic mass is 79.9. The van der Waals surface area contributed by atoms with Gasteiger partial charge in [-0.1, -0.05) is 28.8 Å². The van der Waals surface area contributed by atoms with Gasteiger partial charge in [0.05, 0.1) is 0 Å². The zero-order chi connectivity index (χ0) is 12.5. The fourth-order valence-corrected chi connectivity index (χ4v) is 2.90. The molecule has 0 aromatic rings. The van der Waals surface area contributed by atoms with Crippen LogP contribution in [0.2, 0.25) is 0 Å². The molecule has 17 heavy (non-hydrogen) atoms. The molecule has 1 aliphatic carbocycles. The molecule has 0 bridgehead atoms. The lowest BCUT2D eigenvalue weighted by Crippen LogP contribution is -2.35. The summed E-state index contributed by atoms with van der Waals surface area (Å²) in [6.45, 7) is 1.02. The lowest BCUT2D eigenvalue weighted by molar-refractivity contribution is -0.121. The monoisotopic (exact) mass is 305 g/mol. The fraction of sp³-hybridized carbons (Fsp3) is 0.923. The number of alkyl halides is 1. The molecule has 0 aliphatic heterocycles. The number of carbonyl (C=O) groups excluding carboxylic acids is 1. The molecule has 1 aliphatic rings. The molecule has 0 saturated heterocycles. The second-order valence-corrected chi connectivity index (χ2v) is 5.73. The maximum atomic E-state index is 11.6. The van der Waals surface area contributed by atoms with E-state index < -0.39 is 0 Å². The molecule has 1 fully saturated rings. The van der Waals surface area contributed by atoms with Gasteiger partial charge in [-0.3, -0.25) is 4.79 Å². The SMILES string of the molecule is O=C(CCCCBr)NCC1CCCCC1CO. The van der Waals surface area contributed by atoms with Crippen molar-refractivity contribution < 1.29 is 9.90 Å². The maximum Gasteiger partial charge on any atom is 0.220 e.